The molecule has 1 aromatic carbocycles. The number of nitrogens with one attached hydrogen (secondary N) is 1. The molecule has 1 saturated carbocycles. The Labute approximate surface area is 127 Å². The van der Waals surface area contributed by atoms with Gasteiger partial charge in [-0.3, -0.25) is 4.90 Å². The maximum absolute atomic E-state index is 5.86. The van der Waals surface area contributed by atoms with E-state index in [1.807, 2.05) is 24.3 Å². The van der Waals surface area contributed by atoms with Gasteiger partial charge in [0.05, 0.1) is 7.11 Å². The highest BCUT2D eigenvalue weighted by atomic mass is 16.5. The van der Waals surface area contributed by atoms with Crippen LogP contribution >= 0.6 is 0 Å². The minimum absolute atomic E-state index is 0.687. The second kappa shape index (κ2) is 7.14. The van der Waals surface area contributed by atoms with Crippen molar-refractivity contribution in [1.29, 1.82) is 0 Å². The van der Waals surface area contributed by atoms with E-state index in [0.29, 0.717) is 6.04 Å². The van der Waals surface area contributed by atoms with Crippen LogP contribution < -0.4 is 14.8 Å². The van der Waals surface area contributed by atoms with E-state index in [-0.39, 0.29) is 0 Å². The summed E-state index contributed by atoms with van der Waals surface area (Å²) in [5.41, 5.74) is 0. The number of nitrogens with zero attached hydrogens (tertiary/aromatic N) is 1. The zero-order valence-electron chi connectivity index (χ0n) is 12.9. The Hall–Kier alpha value is -1.26. The first-order valence-electron chi connectivity index (χ1n) is 8.09. The highest BCUT2D eigenvalue weighted by molar-refractivity contribution is 5.31. The van der Waals surface area contributed by atoms with Crippen molar-refractivity contribution in [2.75, 3.05) is 33.4 Å². The molecule has 1 aromatic rings. The van der Waals surface area contributed by atoms with Crippen molar-refractivity contribution in [3.8, 4) is 11.5 Å². The van der Waals surface area contributed by atoms with E-state index in [9.17, 15) is 0 Å². The van der Waals surface area contributed by atoms with Crippen LogP contribution in [0, 0.1) is 0 Å². The van der Waals surface area contributed by atoms with Crippen molar-refractivity contribution in [1.82, 2.24) is 10.2 Å². The molecular formula is C17H26N2O2. The molecule has 0 aromatic heterocycles. The lowest BCUT2D eigenvalue weighted by atomic mass is 10.2. The van der Waals surface area contributed by atoms with E-state index in [2.05, 4.69) is 10.2 Å². The number of rotatable bonds is 8. The third-order valence-electron chi connectivity index (χ3n) is 4.39. The SMILES string of the molecule is COc1ccc(OCCN(CC2CCCN2)C2CC2)cc1. The molecule has 116 valence electrons. The molecule has 0 radical (unpaired) electrons. The van der Waals surface area contributed by atoms with Crippen molar-refractivity contribution in [3.63, 3.8) is 0 Å². The molecular weight excluding hydrogens is 264 g/mol. The van der Waals surface area contributed by atoms with Gasteiger partial charge in [-0.2, -0.15) is 0 Å². The molecule has 21 heavy (non-hydrogen) atoms. The Morgan fingerprint density at radius 2 is 1.90 bits per heavy atom. The molecule has 1 saturated heterocycles. The predicted molar refractivity (Wildman–Crippen MR) is 84.1 cm³/mol. The van der Waals surface area contributed by atoms with Gasteiger partial charge in [0.25, 0.3) is 0 Å². The average molecular weight is 290 g/mol. The maximum Gasteiger partial charge on any atom is 0.119 e. The topological polar surface area (TPSA) is 33.7 Å². The molecule has 0 bridgehead atoms. The monoisotopic (exact) mass is 290 g/mol. The summed E-state index contributed by atoms with van der Waals surface area (Å²) in [6.45, 7) is 4.15. The van der Waals surface area contributed by atoms with Crippen LogP contribution in [0.15, 0.2) is 24.3 Å². The molecule has 0 spiro atoms. The summed E-state index contributed by atoms with van der Waals surface area (Å²) in [5.74, 6) is 1.79. The minimum atomic E-state index is 0.687. The largest absolute Gasteiger partial charge is 0.497 e. The Morgan fingerprint density at radius 1 is 1.14 bits per heavy atom. The van der Waals surface area contributed by atoms with E-state index in [1.54, 1.807) is 7.11 Å². The van der Waals surface area contributed by atoms with E-state index in [4.69, 9.17) is 9.47 Å². The van der Waals surface area contributed by atoms with Gasteiger partial charge in [-0.25, -0.2) is 0 Å². The van der Waals surface area contributed by atoms with Crippen LogP contribution in [0.5, 0.6) is 11.5 Å². The van der Waals surface area contributed by atoms with Crippen LogP contribution in [0.2, 0.25) is 0 Å². The third-order valence-corrected chi connectivity index (χ3v) is 4.39. The normalized spacial score (nSPS) is 21.7. The third kappa shape index (κ3) is 4.35. The second-order valence-electron chi connectivity index (χ2n) is 6.04. The average Bonchev–Trinajstić information content (AvgIpc) is 3.24. The molecule has 1 aliphatic carbocycles. The lowest BCUT2D eigenvalue weighted by Crippen LogP contribution is -2.40. The fourth-order valence-electron chi connectivity index (χ4n) is 3.01. The van der Waals surface area contributed by atoms with Crippen LogP contribution in [0.4, 0.5) is 0 Å². The molecule has 1 atom stereocenters. The number of hydrogen-bond acceptors (Lipinski definition) is 4. The van der Waals surface area contributed by atoms with E-state index in [1.165, 1.54) is 38.8 Å². The molecule has 4 nitrogen and oxygen atoms in total. The van der Waals surface area contributed by atoms with Gasteiger partial charge >= 0.3 is 0 Å². The van der Waals surface area contributed by atoms with Crippen molar-refractivity contribution in [2.24, 2.45) is 0 Å². The summed E-state index contributed by atoms with van der Waals surface area (Å²) in [5, 5.41) is 3.59. The van der Waals surface area contributed by atoms with Crippen molar-refractivity contribution < 1.29 is 9.47 Å². The molecule has 2 aliphatic rings. The lowest BCUT2D eigenvalue weighted by molar-refractivity contribution is 0.189. The van der Waals surface area contributed by atoms with E-state index < -0.39 is 0 Å². The van der Waals surface area contributed by atoms with Gasteiger partial charge < -0.3 is 14.8 Å². The molecule has 1 heterocycles. The van der Waals surface area contributed by atoms with Crippen molar-refractivity contribution >= 4 is 0 Å². The number of benzene rings is 1. The summed E-state index contributed by atoms with van der Waals surface area (Å²) in [4.78, 5) is 2.60. The molecule has 1 aliphatic heterocycles. The van der Waals surface area contributed by atoms with E-state index >= 15 is 0 Å². The van der Waals surface area contributed by atoms with Gasteiger partial charge in [-0.05, 0) is 56.5 Å². The first kappa shape index (κ1) is 14.7. The first-order valence-corrected chi connectivity index (χ1v) is 8.09. The van der Waals surface area contributed by atoms with Gasteiger partial charge in [0, 0.05) is 25.2 Å². The zero-order chi connectivity index (χ0) is 14.5. The molecule has 1 N–H and O–H groups in total. The molecule has 3 rings (SSSR count). The molecule has 1 unspecified atom stereocenters. The van der Waals surface area contributed by atoms with Gasteiger partial charge in [-0.15, -0.1) is 0 Å². The van der Waals surface area contributed by atoms with Crippen LogP contribution in [0.25, 0.3) is 0 Å². The zero-order valence-corrected chi connectivity index (χ0v) is 12.9. The number of methoxy groups -OCH3 is 1. The van der Waals surface area contributed by atoms with Gasteiger partial charge in [0.2, 0.25) is 0 Å². The van der Waals surface area contributed by atoms with E-state index in [0.717, 1.165) is 30.7 Å². The minimum Gasteiger partial charge on any atom is -0.497 e. The van der Waals surface area contributed by atoms with Gasteiger partial charge in [0.1, 0.15) is 18.1 Å². The second-order valence-corrected chi connectivity index (χ2v) is 6.04. The van der Waals surface area contributed by atoms with Gasteiger partial charge in [-0.1, -0.05) is 0 Å². The molecule has 4 heteroatoms. The summed E-state index contributed by atoms with van der Waals surface area (Å²) in [6, 6.07) is 9.31. The highest BCUT2D eigenvalue weighted by Gasteiger charge is 2.30. The Balaban J connectivity index is 1.43. The number of hydrogen-bond donors (Lipinski definition) is 1. The lowest BCUT2D eigenvalue weighted by Gasteiger charge is -2.25. The van der Waals surface area contributed by atoms with Crippen LogP contribution in [-0.4, -0.2) is 50.3 Å². The van der Waals surface area contributed by atoms with Gasteiger partial charge in [0.15, 0.2) is 0 Å². The summed E-state index contributed by atoms with van der Waals surface area (Å²) in [7, 11) is 1.68. The summed E-state index contributed by atoms with van der Waals surface area (Å²) in [6.07, 6.45) is 5.36. The Kier molecular flexibility index (Phi) is 4.99. The standard InChI is InChI=1S/C17H26N2O2/c1-20-16-6-8-17(9-7-16)21-12-11-19(15-4-5-15)13-14-3-2-10-18-14/h6-9,14-15,18H,2-5,10-13H2,1H3. The Morgan fingerprint density at radius 3 is 2.52 bits per heavy atom. The predicted octanol–water partition coefficient (Wildman–Crippen LogP) is 2.29. The maximum atomic E-state index is 5.86. The van der Waals surface area contributed by atoms with Crippen molar-refractivity contribution in [3.05, 3.63) is 24.3 Å². The fourth-order valence-corrected chi connectivity index (χ4v) is 3.01. The van der Waals surface area contributed by atoms with Crippen LogP contribution in [0.3, 0.4) is 0 Å². The smallest absolute Gasteiger partial charge is 0.119 e. The molecule has 2 fully saturated rings. The number of ether oxygens (including phenoxy) is 2. The summed E-state index contributed by atoms with van der Waals surface area (Å²) < 4.78 is 11.0. The fraction of sp³-hybridized carbons (Fsp3) is 0.647. The summed E-state index contributed by atoms with van der Waals surface area (Å²) >= 11 is 0. The van der Waals surface area contributed by atoms with Crippen LogP contribution in [0.1, 0.15) is 25.7 Å². The van der Waals surface area contributed by atoms with Crippen LogP contribution in [-0.2, 0) is 0 Å². The first-order chi connectivity index (χ1) is 10.3. The Bertz CT molecular complexity index is 425. The highest BCUT2D eigenvalue weighted by Crippen LogP contribution is 2.27. The molecule has 0 amide bonds. The quantitative estimate of drug-likeness (QED) is 0.796. The van der Waals surface area contributed by atoms with Crippen molar-refractivity contribution in [2.45, 2.75) is 37.8 Å².